The van der Waals surface area contributed by atoms with Crippen LogP contribution < -0.4 is 5.32 Å². The predicted molar refractivity (Wildman–Crippen MR) is 94.0 cm³/mol. The average Bonchev–Trinajstić information content (AvgIpc) is 2.60. The molecule has 0 radical (unpaired) electrons. The quantitative estimate of drug-likeness (QED) is 0.487. The van der Waals surface area contributed by atoms with Gasteiger partial charge in [-0.2, -0.15) is 0 Å². The van der Waals surface area contributed by atoms with Crippen molar-refractivity contribution in [2.24, 2.45) is 0 Å². The summed E-state index contributed by atoms with van der Waals surface area (Å²) < 4.78 is 10.3. The van der Waals surface area contributed by atoms with Crippen LogP contribution in [0.5, 0.6) is 0 Å². The summed E-state index contributed by atoms with van der Waals surface area (Å²) in [5, 5.41) is 3.01. The molecule has 6 heteroatoms. The van der Waals surface area contributed by atoms with Gasteiger partial charge in [0.15, 0.2) is 0 Å². The Balaban J connectivity index is 2.11. The number of thiocarbonyl (C=S) groups is 1. The zero-order valence-electron chi connectivity index (χ0n) is 13.3. The van der Waals surface area contributed by atoms with Crippen molar-refractivity contribution in [3.8, 4) is 0 Å². The molecule has 0 spiro atoms. The van der Waals surface area contributed by atoms with E-state index < -0.39 is 0 Å². The average molecular weight is 334 g/mol. The molecule has 2 rings (SSSR count). The van der Waals surface area contributed by atoms with Gasteiger partial charge < -0.3 is 19.7 Å². The number of nitrogens with zero attached hydrogens (tertiary/aromatic N) is 1. The Morgan fingerprint density at radius 2 is 2.04 bits per heavy atom. The second kappa shape index (κ2) is 9.27. The summed E-state index contributed by atoms with van der Waals surface area (Å²) in [6.45, 7) is 5.20. The Labute approximate surface area is 142 Å². The van der Waals surface area contributed by atoms with Crippen molar-refractivity contribution in [2.75, 3.05) is 39.5 Å². The molecule has 1 aromatic rings. The van der Waals surface area contributed by atoms with Gasteiger partial charge in [0.2, 0.25) is 0 Å². The van der Waals surface area contributed by atoms with Crippen molar-refractivity contribution in [1.82, 2.24) is 10.2 Å². The first kappa shape index (κ1) is 17.4. The molecule has 5 nitrogen and oxygen atoms in total. The van der Waals surface area contributed by atoms with Gasteiger partial charge in [0.05, 0.1) is 19.8 Å². The minimum absolute atomic E-state index is 0.121. The zero-order valence-corrected chi connectivity index (χ0v) is 14.1. The van der Waals surface area contributed by atoms with Gasteiger partial charge in [-0.3, -0.25) is 4.79 Å². The number of rotatable bonds is 6. The number of carbonyl (C=O) groups is 1. The first-order chi connectivity index (χ1) is 11.2. The van der Waals surface area contributed by atoms with E-state index in [1.54, 1.807) is 13.1 Å². The molecule has 0 saturated carbocycles. The number of hydrogen-bond donors (Lipinski definition) is 1. The summed E-state index contributed by atoms with van der Waals surface area (Å²) in [6, 6.07) is 9.91. The van der Waals surface area contributed by atoms with Crippen molar-refractivity contribution in [2.45, 2.75) is 6.92 Å². The number of ether oxygens (including phenoxy) is 2. The van der Waals surface area contributed by atoms with E-state index in [2.05, 4.69) is 10.2 Å². The number of morpholine rings is 1. The lowest BCUT2D eigenvalue weighted by atomic mass is 10.1. The SMILES string of the molecule is CCOC(=O)CN/C=C(/C(=S)N1CCOCC1)c1ccccc1. The molecule has 1 fully saturated rings. The summed E-state index contributed by atoms with van der Waals surface area (Å²) in [6.07, 6.45) is 1.80. The molecule has 0 atom stereocenters. The Hall–Kier alpha value is -1.92. The van der Waals surface area contributed by atoms with Crippen molar-refractivity contribution in [3.05, 3.63) is 42.1 Å². The molecular weight excluding hydrogens is 312 g/mol. The molecule has 23 heavy (non-hydrogen) atoms. The van der Waals surface area contributed by atoms with Gasteiger partial charge in [0.25, 0.3) is 0 Å². The van der Waals surface area contributed by atoms with E-state index >= 15 is 0 Å². The number of carbonyl (C=O) groups excluding carboxylic acids is 1. The maximum absolute atomic E-state index is 11.5. The second-order valence-corrected chi connectivity index (χ2v) is 5.40. The molecule has 0 aromatic heterocycles. The highest BCUT2D eigenvalue weighted by molar-refractivity contribution is 7.81. The molecular formula is C17H22N2O3S. The predicted octanol–water partition coefficient (Wildman–Crippen LogP) is 1.84. The lowest BCUT2D eigenvalue weighted by Gasteiger charge is -2.30. The molecule has 0 unspecified atom stereocenters. The van der Waals surface area contributed by atoms with Crippen molar-refractivity contribution in [1.29, 1.82) is 0 Å². The fraction of sp³-hybridized carbons (Fsp3) is 0.412. The molecule has 0 bridgehead atoms. The highest BCUT2D eigenvalue weighted by atomic mass is 32.1. The first-order valence-corrected chi connectivity index (χ1v) is 8.14. The minimum Gasteiger partial charge on any atom is -0.465 e. The molecule has 1 aromatic carbocycles. The highest BCUT2D eigenvalue weighted by Crippen LogP contribution is 2.18. The lowest BCUT2D eigenvalue weighted by molar-refractivity contribution is -0.141. The Morgan fingerprint density at radius 3 is 2.70 bits per heavy atom. The summed E-state index contributed by atoms with van der Waals surface area (Å²) in [4.78, 5) is 14.3. The fourth-order valence-electron chi connectivity index (χ4n) is 2.27. The summed E-state index contributed by atoms with van der Waals surface area (Å²) in [7, 11) is 0. The van der Waals surface area contributed by atoms with Crippen LogP contribution in [0.1, 0.15) is 12.5 Å². The first-order valence-electron chi connectivity index (χ1n) is 7.74. The van der Waals surface area contributed by atoms with E-state index in [1.165, 1.54) is 0 Å². The third-order valence-electron chi connectivity index (χ3n) is 3.41. The molecule has 1 aliphatic heterocycles. The summed E-state index contributed by atoms with van der Waals surface area (Å²) in [5.41, 5.74) is 1.91. The van der Waals surface area contributed by atoms with Crippen LogP contribution in [0.3, 0.4) is 0 Å². The van der Waals surface area contributed by atoms with E-state index in [4.69, 9.17) is 21.7 Å². The lowest BCUT2D eigenvalue weighted by Crippen LogP contribution is -2.40. The van der Waals surface area contributed by atoms with Gasteiger partial charge in [-0.1, -0.05) is 42.5 Å². The molecule has 1 saturated heterocycles. The van der Waals surface area contributed by atoms with Crippen LogP contribution in [-0.4, -0.2) is 55.3 Å². The Morgan fingerprint density at radius 1 is 1.35 bits per heavy atom. The monoisotopic (exact) mass is 334 g/mol. The standard InChI is InChI=1S/C17H22N2O3S/c1-2-22-16(20)13-18-12-15(14-6-4-3-5-7-14)17(23)19-8-10-21-11-9-19/h3-7,12,18H,2,8-11,13H2,1H3/b15-12+. The molecule has 1 heterocycles. The van der Waals surface area contributed by atoms with Gasteiger partial charge in [-0.15, -0.1) is 0 Å². The topological polar surface area (TPSA) is 50.8 Å². The van der Waals surface area contributed by atoms with E-state index in [0.717, 1.165) is 29.2 Å². The van der Waals surface area contributed by atoms with Gasteiger partial charge >= 0.3 is 5.97 Å². The van der Waals surface area contributed by atoms with Gasteiger partial charge in [0.1, 0.15) is 11.5 Å². The zero-order chi connectivity index (χ0) is 16.5. The molecule has 124 valence electrons. The van der Waals surface area contributed by atoms with Crippen LogP contribution >= 0.6 is 12.2 Å². The smallest absolute Gasteiger partial charge is 0.325 e. The Bertz CT molecular complexity index is 554. The van der Waals surface area contributed by atoms with Crippen LogP contribution in [0.15, 0.2) is 36.5 Å². The van der Waals surface area contributed by atoms with Crippen LogP contribution in [0.4, 0.5) is 0 Å². The Kier molecular flexibility index (Phi) is 7.03. The van der Waals surface area contributed by atoms with Crippen LogP contribution in [0.25, 0.3) is 5.57 Å². The normalized spacial score (nSPS) is 15.2. The molecule has 1 aliphatic rings. The summed E-state index contributed by atoms with van der Waals surface area (Å²) >= 11 is 5.65. The van der Waals surface area contributed by atoms with E-state index in [-0.39, 0.29) is 12.5 Å². The van der Waals surface area contributed by atoms with Gasteiger partial charge in [-0.05, 0) is 12.5 Å². The van der Waals surface area contributed by atoms with Crippen LogP contribution in [-0.2, 0) is 14.3 Å². The van der Waals surface area contributed by atoms with E-state index in [9.17, 15) is 4.79 Å². The maximum atomic E-state index is 11.5. The van der Waals surface area contributed by atoms with Crippen molar-refractivity contribution < 1.29 is 14.3 Å². The van der Waals surface area contributed by atoms with Gasteiger partial charge in [-0.25, -0.2) is 0 Å². The van der Waals surface area contributed by atoms with Crippen LogP contribution in [0, 0.1) is 0 Å². The third kappa shape index (κ3) is 5.33. The van der Waals surface area contributed by atoms with Gasteiger partial charge in [0, 0.05) is 24.9 Å². The number of benzene rings is 1. The summed E-state index contributed by atoms with van der Waals surface area (Å²) in [5.74, 6) is -0.284. The number of esters is 1. The molecule has 0 aliphatic carbocycles. The largest absolute Gasteiger partial charge is 0.465 e. The number of hydrogen-bond acceptors (Lipinski definition) is 5. The van der Waals surface area contributed by atoms with E-state index in [1.807, 2.05) is 30.3 Å². The van der Waals surface area contributed by atoms with Crippen molar-refractivity contribution >= 4 is 28.7 Å². The highest BCUT2D eigenvalue weighted by Gasteiger charge is 2.18. The molecule has 1 N–H and O–H groups in total. The maximum Gasteiger partial charge on any atom is 0.325 e. The van der Waals surface area contributed by atoms with E-state index in [0.29, 0.717) is 19.8 Å². The third-order valence-corrected chi connectivity index (χ3v) is 3.89. The minimum atomic E-state index is -0.284. The van der Waals surface area contributed by atoms with Crippen LogP contribution in [0.2, 0.25) is 0 Å². The number of nitrogens with one attached hydrogen (secondary N) is 1. The second-order valence-electron chi connectivity index (χ2n) is 5.01. The molecule has 0 amide bonds. The van der Waals surface area contributed by atoms with Crippen molar-refractivity contribution in [3.63, 3.8) is 0 Å². The fourth-order valence-corrected chi connectivity index (χ4v) is 2.63.